The number of rotatable bonds is 4. The molecule has 2 heterocycles. The Morgan fingerprint density at radius 2 is 2.25 bits per heavy atom. The van der Waals surface area contributed by atoms with E-state index in [0.29, 0.717) is 10.5 Å². The van der Waals surface area contributed by atoms with Crippen LogP contribution in [-0.2, 0) is 6.54 Å². The molecule has 1 N–H and O–H groups in total. The van der Waals surface area contributed by atoms with Gasteiger partial charge in [-0.1, -0.05) is 29.5 Å². The largest absolute Gasteiger partial charge is 0.372 e. The van der Waals surface area contributed by atoms with E-state index >= 15 is 0 Å². The van der Waals surface area contributed by atoms with E-state index in [2.05, 4.69) is 10.3 Å². The zero-order valence-corrected chi connectivity index (χ0v) is 10.9. The summed E-state index contributed by atoms with van der Waals surface area (Å²) in [6.07, 6.45) is 1.58. The van der Waals surface area contributed by atoms with Gasteiger partial charge >= 0.3 is 5.82 Å². The molecule has 0 atom stereocenters. The Balaban J connectivity index is 1.91. The van der Waals surface area contributed by atoms with Crippen LogP contribution < -0.4 is 5.32 Å². The van der Waals surface area contributed by atoms with Crippen LogP contribution in [0.4, 0.5) is 16.0 Å². The SMILES string of the molecule is O=[N+]([O-])c1c(NCc2ccccc2F)nc2sccn12. The van der Waals surface area contributed by atoms with Gasteiger partial charge in [0.05, 0.1) is 0 Å². The fraction of sp³-hybridized carbons (Fsp3) is 0.0833. The maximum Gasteiger partial charge on any atom is 0.372 e. The number of nitrogens with zero attached hydrogens (tertiary/aromatic N) is 3. The van der Waals surface area contributed by atoms with E-state index < -0.39 is 4.92 Å². The Kier molecular flexibility index (Phi) is 3.07. The molecule has 0 saturated carbocycles. The van der Waals surface area contributed by atoms with E-state index in [1.807, 2.05) is 0 Å². The first-order valence-corrected chi connectivity index (χ1v) is 6.62. The molecule has 0 aliphatic heterocycles. The minimum Gasteiger partial charge on any atom is -0.359 e. The number of fused-ring (bicyclic) bond motifs is 1. The summed E-state index contributed by atoms with van der Waals surface area (Å²) in [6.45, 7) is 0.137. The second-order valence-electron chi connectivity index (χ2n) is 4.04. The van der Waals surface area contributed by atoms with Crippen LogP contribution in [0, 0.1) is 15.9 Å². The van der Waals surface area contributed by atoms with Crippen molar-refractivity contribution in [2.24, 2.45) is 0 Å². The molecule has 0 aliphatic rings. The van der Waals surface area contributed by atoms with Crippen LogP contribution in [0.15, 0.2) is 35.8 Å². The zero-order valence-electron chi connectivity index (χ0n) is 10.1. The molecule has 3 aromatic rings. The van der Waals surface area contributed by atoms with Crippen molar-refractivity contribution in [2.75, 3.05) is 5.32 Å². The minimum atomic E-state index is -0.504. The zero-order chi connectivity index (χ0) is 14.1. The highest BCUT2D eigenvalue weighted by atomic mass is 32.1. The number of hydrogen-bond donors (Lipinski definition) is 1. The van der Waals surface area contributed by atoms with Gasteiger partial charge in [0.1, 0.15) is 12.0 Å². The number of thiazole rings is 1. The van der Waals surface area contributed by atoms with Crippen LogP contribution in [0.5, 0.6) is 0 Å². The van der Waals surface area contributed by atoms with Crippen molar-refractivity contribution in [1.29, 1.82) is 0 Å². The molecule has 20 heavy (non-hydrogen) atoms. The molecule has 0 aliphatic carbocycles. The van der Waals surface area contributed by atoms with E-state index in [0.717, 1.165) is 0 Å². The first-order chi connectivity index (χ1) is 9.66. The van der Waals surface area contributed by atoms with E-state index in [-0.39, 0.29) is 24.0 Å². The monoisotopic (exact) mass is 292 g/mol. The lowest BCUT2D eigenvalue weighted by Crippen LogP contribution is -2.04. The third kappa shape index (κ3) is 2.10. The molecule has 102 valence electrons. The van der Waals surface area contributed by atoms with Crippen LogP contribution in [-0.4, -0.2) is 14.3 Å². The number of anilines is 1. The van der Waals surface area contributed by atoms with Gasteiger partial charge in [-0.05, 0) is 11.0 Å². The lowest BCUT2D eigenvalue weighted by Gasteiger charge is -2.04. The fourth-order valence-electron chi connectivity index (χ4n) is 1.89. The van der Waals surface area contributed by atoms with E-state index in [9.17, 15) is 14.5 Å². The van der Waals surface area contributed by atoms with Gasteiger partial charge in [0.2, 0.25) is 5.82 Å². The number of halogens is 1. The molecule has 1 aromatic carbocycles. The van der Waals surface area contributed by atoms with Crippen molar-refractivity contribution in [3.05, 3.63) is 57.3 Å². The number of hydrogen-bond acceptors (Lipinski definition) is 5. The number of nitro groups is 1. The average Bonchev–Trinajstić information content (AvgIpc) is 2.97. The quantitative estimate of drug-likeness (QED) is 0.592. The third-order valence-corrected chi connectivity index (χ3v) is 3.57. The summed E-state index contributed by atoms with van der Waals surface area (Å²) in [5, 5.41) is 15.6. The van der Waals surface area contributed by atoms with Gasteiger partial charge in [0.25, 0.3) is 4.96 Å². The van der Waals surface area contributed by atoms with E-state index in [1.54, 1.807) is 29.8 Å². The van der Waals surface area contributed by atoms with Gasteiger partial charge in [-0.15, -0.1) is 0 Å². The highest BCUT2D eigenvalue weighted by Gasteiger charge is 2.23. The molecule has 0 spiro atoms. The molecule has 0 amide bonds. The van der Waals surface area contributed by atoms with Gasteiger partial charge in [-0.3, -0.25) is 0 Å². The average molecular weight is 292 g/mol. The first-order valence-electron chi connectivity index (χ1n) is 5.74. The molecule has 6 nitrogen and oxygen atoms in total. The third-order valence-electron chi connectivity index (χ3n) is 2.81. The van der Waals surface area contributed by atoms with E-state index in [1.165, 1.54) is 21.8 Å². The fourth-order valence-corrected chi connectivity index (χ4v) is 2.60. The van der Waals surface area contributed by atoms with Crippen LogP contribution in [0.1, 0.15) is 5.56 Å². The molecule has 3 rings (SSSR count). The van der Waals surface area contributed by atoms with Crippen molar-refractivity contribution in [2.45, 2.75) is 6.54 Å². The van der Waals surface area contributed by atoms with Crippen LogP contribution >= 0.6 is 11.3 Å². The molecule has 0 fully saturated rings. The number of imidazole rings is 1. The Hall–Kier alpha value is -2.48. The molecular formula is C12H9FN4O2S. The van der Waals surface area contributed by atoms with Crippen LogP contribution in [0.25, 0.3) is 4.96 Å². The molecule has 0 unspecified atom stereocenters. The minimum absolute atomic E-state index is 0.137. The lowest BCUT2D eigenvalue weighted by molar-refractivity contribution is -0.389. The number of aromatic nitrogens is 2. The van der Waals surface area contributed by atoms with Crippen molar-refractivity contribution in [3.63, 3.8) is 0 Å². The van der Waals surface area contributed by atoms with Gasteiger partial charge < -0.3 is 15.4 Å². The lowest BCUT2D eigenvalue weighted by atomic mass is 10.2. The van der Waals surface area contributed by atoms with Gasteiger partial charge in [-0.25, -0.2) is 4.39 Å². The van der Waals surface area contributed by atoms with Crippen molar-refractivity contribution in [1.82, 2.24) is 9.38 Å². The summed E-state index contributed by atoms with van der Waals surface area (Å²) < 4.78 is 14.9. The smallest absolute Gasteiger partial charge is 0.359 e. The van der Waals surface area contributed by atoms with Crippen molar-refractivity contribution in [3.8, 4) is 0 Å². The highest BCUT2D eigenvalue weighted by molar-refractivity contribution is 7.15. The maximum absolute atomic E-state index is 13.5. The summed E-state index contributed by atoms with van der Waals surface area (Å²) in [5.41, 5.74) is 0.429. The molecule has 0 radical (unpaired) electrons. The second-order valence-corrected chi connectivity index (χ2v) is 4.91. The predicted octanol–water partition coefficient (Wildman–Crippen LogP) is 3.06. The summed E-state index contributed by atoms with van der Waals surface area (Å²) >= 11 is 1.30. The van der Waals surface area contributed by atoms with Crippen molar-refractivity contribution < 1.29 is 9.31 Å². The first kappa shape index (κ1) is 12.5. The Labute approximate surface area is 116 Å². The van der Waals surface area contributed by atoms with E-state index in [4.69, 9.17) is 0 Å². The Morgan fingerprint density at radius 3 is 3.00 bits per heavy atom. The van der Waals surface area contributed by atoms with Gasteiger partial charge in [0, 0.05) is 17.5 Å². The van der Waals surface area contributed by atoms with Crippen molar-refractivity contribution >= 4 is 27.9 Å². The van der Waals surface area contributed by atoms with Crippen LogP contribution in [0.3, 0.4) is 0 Å². The normalized spacial score (nSPS) is 10.8. The Morgan fingerprint density at radius 1 is 1.45 bits per heavy atom. The molecule has 0 saturated heterocycles. The molecule has 2 aromatic heterocycles. The number of benzene rings is 1. The van der Waals surface area contributed by atoms with Gasteiger partial charge in [0.15, 0.2) is 0 Å². The molecule has 8 heteroatoms. The summed E-state index contributed by atoms with van der Waals surface area (Å²) in [5.74, 6) is -0.355. The molecular weight excluding hydrogens is 283 g/mol. The highest BCUT2D eigenvalue weighted by Crippen LogP contribution is 2.28. The molecule has 0 bridgehead atoms. The predicted molar refractivity (Wildman–Crippen MR) is 73.5 cm³/mol. The van der Waals surface area contributed by atoms with Gasteiger partial charge in [-0.2, -0.15) is 9.38 Å². The maximum atomic E-state index is 13.5. The van der Waals surface area contributed by atoms with Crippen LogP contribution in [0.2, 0.25) is 0 Å². The topological polar surface area (TPSA) is 72.5 Å². The Bertz CT molecular complexity index is 783. The summed E-state index contributed by atoms with van der Waals surface area (Å²) in [7, 11) is 0. The standard InChI is InChI=1S/C12H9FN4O2S/c13-9-4-2-1-3-8(9)7-14-10-11(17(18)19)16-5-6-20-12(16)15-10/h1-6,14H,7H2. The second kappa shape index (κ2) is 4.89. The number of nitrogens with one attached hydrogen (secondary N) is 1. The summed E-state index contributed by atoms with van der Waals surface area (Å²) in [6, 6.07) is 6.26. The summed E-state index contributed by atoms with van der Waals surface area (Å²) in [4.78, 5) is 15.3.